The average molecular weight is 289 g/mol. The van der Waals surface area contributed by atoms with Crippen LogP contribution < -0.4 is 5.32 Å². The Kier molecular flexibility index (Phi) is 7.48. The van der Waals surface area contributed by atoms with Crippen molar-refractivity contribution in [2.24, 2.45) is 0 Å². The van der Waals surface area contributed by atoms with Gasteiger partial charge in [-0.2, -0.15) is 11.8 Å². The highest BCUT2D eigenvalue weighted by atomic mass is 32.2. The molecule has 2 N–H and O–H groups in total. The van der Waals surface area contributed by atoms with Gasteiger partial charge in [-0.25, -0.2) is 0 Å². The van der Waals surface area contributed by atoms with Gasteiger partial charge in [-0.3, -0.25) is 4.90 Å². The number of rotatable bonds is 7. The van der Waals surface area contributed by atoms with E-state index in [1.807, 2.05) is 11.8 Å². The summed E-state index contributed by atoms with van der Waals surface area (Å²) in [6, 6.07) is 0. The maximum absolute atomic E-state index is 9.98. The van der Waals surface area contributed by atoms with Crippen LogP contribution in [0.1, 0.15) is 0 Å². The van der Waals surface area contributed by atoms with Gasteiger partial charge in [-0.05, 0) is 0 Å². The molecule has 0 bridgehead atoms. The van der Waals surface area contributed by atoms with Gasteiger partial charge in [0.25, 0.3) is 0 Å². The molecule has 0 spiro atoms. The molecule has 0 radical (unpaired) electrons. The van der Waals surface area contributed by atoms with E-state index in [1.165, 1.54) is 24.6 Å². The van der Waals surface area contributed by atoms with Gasteiger partial charge in [0.1, 0.15) is 0 Å². The average Bonchev–Trinajstić information content (AvgIpc) is 2.46. The van der Waals surface area contributed by atoms with Crippen LogP contribution in [0, 0.1) is 0 Å². The van der Waals surface area contributed by atoms with Crippen molar-refractivity contribution in [1.82, 2.24) is 15.1 Å². The molecule has 5 nitrogen and oxygen atoms in total. The van der Waals surface area contributed by atoms with E-state index >= 15 is 0 Å². The van der Waals surface area contributed by atoms with Gasteiger partial charge in [0, 0.05) is 63.9 Å². The van der Waals surface area contributed by atoms with Gasteiger partial charge in [-0.1, -0.05) is 0 Å². The number of nitrogens with zero attached hydrogens (tertiary/aromatic N) is 2. The van der Waals surface area contributed by atoms with Crippen LogP contribution in [0.4, 0.5) is 0 Å². The summed E-state index contributed by atoms with van der Waals surface area (Å²) in [4.78, 5) is 4.77. The Bertz CT molecular complexity index is 234. The number of aliphatic hydroxyl groups excluding tert-OH is 1. The smallest absolute Gasteiger partial charge is 0.0791 e. The Morgan fingerprint density at radius 1 is 1.11 bits per heavy atom. The van der Waals surface area contributed by atoms with E-state index in [-0.39, 0.29) is 6.10 Å². The number of hydrogen-bond acceptors (Lipinski definition) is 6. The van der Waals surface area contributed by atoms with Crippen LogP contribution in [0.15, 0.2) is 0 Å². The summed E-state index contributed by atoms with van der Waals surface area (Å²) in [5.74, 6) is 2.53. The highest BCUT2D eigenvalue weighted by Crippen LogP contribution is 2.07. The zero-order chi connectivity index (χ0) is 13.3. The molecule has 6 heteroatoms. The van der Waals surface area contributed by atoms with Crippen LogP contribution in [-0.2, 0) is 4.74 Å². The van der Waals surface area contributed by atoms with Gasteiger partial charge in [0.15, 0.2) is 0 Å². The van der Waals surface area contributed by atoms with E-state index in [4.69, 9.17) is 4.74 Å². The topological polar surface area (TPSA) is 48.0 Å². The minimum Gasteiger partial charge on any atom is -0.390 e. The van der Waals surface area contributed by atoms with E-state index in [0.29, 0.717) is 6.54 Å². The molecule has 2 rings (SSSR count). The van der Waals surface area contributed by atoms with Gasteiger partial charge >= 0.3 is 0 Å². The Morgan fingerprint density at radius 2 is 1.84 bits per heavy atom. The van der Waals surface area contributed by atoms with Crippen LogP contribution in [0.2, 0.25) is 0 Å². The van der Waals surface area contributed by atoms with Crippen molar-refractivity contribution in [3.8, 4) is 0 Å². The second-order valence-electron chi connectivity index (χ2n) is 5.22. The summed E-state index contributed by atoms with van der Waals surface area (Å²) in [5.41, 5.74) is 0. The van der Waals surface area contributed by atoms with Crippen LogP contribution in [0.3, 0.4) is 0 Å². The zero-order valence-corrected chi connectivity index (χ0v) is 12.5. The highest BCUT2D eigenvalue weighted by Gasteiger charge is 2.14. The van der Waals surface area contributed by atoms with Crippen LogP contribution in [0.5, 0.6) is 0 Å². The molecule has 1 atom stereocenters. The number of β-amino-alcohol motifs (C(OH)–C–C–N with tert-alkyl or cyclic N) is 1. The molecule has 1 unspecified atom stereocenters. The van der Waals surface area contributed by atoms with Gasteiger partial charge in [0.05, 0.1) is 19.3 Å². The molecule has 2 saturated heterocycles. The minimum absolute atomic E-state index is 0.269. The predicted octanol–water partition coefficient (Wildman–Crippen LogP) is -0.682. The van der Waals surface area contributed by atoms with Crippen molar-refractivity contribution < 1.29 is 9.84 Å². The molecule has 2 aliphatic rings. The third-order valence-corrected chi connectivity index (χ3v) is 4.60. The summed E-state index contributed by atoms with van der Waals surface area (Å²) in [7, 11) is 0. The van der Waals surface area contributed by atoms with E-state index in [0.717, 1.165) is 45.9 Å². The molecule has 2 fully saturated rings. The summed E-state index contributed by atoms with van der Waals surface area (Å²) >= 11 is 2.04. The Labute approximate surface area is 120 Å². The van der Waals surface area contributed by atoms with E-state index < -0.39 is 0 Å². The van der Waals surface area contributed by atoms with E-state index in [9.17, 15) is 5.11 Å². The molecule has 112 valence electrons. The largest absolute Gasteiger partial charge is 0.390 e. The third kappa shape index (κ3) is 6.42. The molecule has 0 aromatic rings. The summed E-state index contributed by atoms with van der Waals surface area (Å²) < 4.78 is 5.30. The lowest BCUT2D eigenvalue weighted by atomic mass is 10.3. The normalized spacial score (nSPS) is 24.5. The molecule has 0 saturated carbocycles. The van der Waals surface area contributed by atoms with Crippen LogP contribution in [0.25, 0.3) is 0 Å². The first-order chi connectivity index (χ1) is 9.34. The van der Waals surface area contributed by atoms with Gasteiger partial charge in [-0.15, -0.1) is 0 Å². The Morgan fingerprint density at radius 3 is 2.58 bits per heavy atom. The van der Waals surface area contributed by atoms with Crippen molar-refractivity contribution in [3.63, 3.8) is 0 Å². The Balaban J connectivity index is 1.47. The Hall–Kier alpha value is 0.150. The number of hydrogen-bond donors (Lipinski definition) is 2. The lowest BCUT2D eigenvalue weighted by molar-refractivity contribution is 0.0149. The maximum atomic E-state index is 9.98. The number of ether oxygens (including phenoxy) is 1. The summed E-state index contributed by atoms with van der Waals surface area (Å²) in [6.45, 7) is 9.45. The van der Waals surface area contributed by atoms with E-state index in [1.54, 1.807) is 0 Å². The second kappa shape index (κ2) is 9.15. The molecule has 19 heavy (non-hydrogen) atoms. The van der Waals surface area contributed by atoms with Gasteiger partial charge in [0.2, 0.25) is 0 Å². The molecular weight excluding hydrogens is 262 g/mol. The number of nitrogens with one attached hydrogen (secondary N) is 1. The fraction of sp³-hybridized carbons (Fsp3) is 1.00. The third-order valence-electron chi connectivity index (χ3n) is 3.66. The van der Waals surface area contributed by atoms with Crippen molar-refractivity contribution in [2.75, 3.05) is 77.1 Å². The zero-order valence-electron chi connectivity index (χ0n) is 11.7. The molecule has 0 amide bonds. The number of morpholine rings is 1. The quantitative estimate of drug-likeness (QED) is 0.606. The lowest BCUT2D eigenvalue weighted by Gasteiger charge is -2.29. The predicted molar refractivity (Wildman–Crippen MR) is 79.9 cm³/mol. The summed E-state index contributed by atoms with van der Waals surface area (Å²) in [6.07, 6.45) is -0.269. The second-order valence-corrected chi connectivity index (χ2v) is 6.45. The molecule has 0 aliphatic carbocycles. The lowest BCUT2D eigenvalue weighted by Crippen LogP contribution is -2.45. The number of aliphatic hydroxyl groups is 1. The van der Waals surface area contributed by atoms with Crippen molar-refractivity contribution in [1.29, 1.82) is 0 Å². The summed E-state index contributed by atoms with van der Waals surface area (Å²) in [5, 5.41) is 13.3. The first-order valence-corrected chi connectivity index (χ1v) is 8.49. The molecular formula is C13H27N3O2S. The molecule has 0 aromatic carbocycles. The first kappa shape index (κ1) is 15.5. The van der Waals surface area contributed by atoms with Crippen molar-refractivity contribution in [2.45, 2.75) is 6.10 Å². The monoisotopic (exact) mass is 289 g/mol. The first-order valence-electron chi connectivity index (χ1n) is 7.33. The maximum Gasteiger partial charge on any atom is 0.0791 e. The number of thioether (sulfide) groups is 1. The SMILES string of the molecule is OC(CNCCN1CCSCC1)CN1CCOCC1. The van der Waals surface area contributed by atoms with Crippen molar-refractivity contribution in [3.05, 3.63) is 0 Å². The molecule has 2 aliphatic heterocycles. The fourth-order valence-corrected chi connectivity index (χ4v) is 3.46. The molecule has 0 aromatic heterocycles. The van der Waals surface area contributed by atoms with Crippen molar-refractivity contribution >= 4 is 11.8 Å². The van der Waals surface area contributed by atoms with Gasteiger partial charge < -0.3 is 20.1 Å². The van der Waals surface area contributed by atoms with E-state index in [2.05, 4.69) is 15.1 Å². The van der Waals surface area contributed by atoms with Crippen LogP contribution >= 0.6 is 11.8 Å². The highest BCUT2D eigenvalue weighted by molar-refractivity contribution is 7.99. The fourth-order valence-electron chi connectivity index (χ4n) is 2.48. The molecule has 2 heterocycles. The standard InChI is InChI=1S/C13H27N3O2S/c17-13(12-16-3-7-18-8-4-16)11-14-1-2-15-5-9-19-10-6-15/h13-14,17H,1-12H2. The van der Waals surface area contributed by atoms with Crippen LogP contribution in [-0.4, -0.2) is 98.1 Å². The minimum atomic E-state index is -0.269.